The molecule has 2 aromatic heterocycles. The molecule has 3 aromatic rings. The second-order valence-electron chi connectivity index (χ2n) is 9.65. The third-order valence-electron chi connectivity index (χ3n) is 7.37. The van der Waals surface area contributed by atoms with Crippen LogP contribution in [-0.4, -0.2) is 40.3 Å². The highest BCUT2D eigenvalue weighted by Crippen LogP contribution is 2.36. The number of nitrogens with one attached hydrogen (secondary N) is 1. The minimum atomic E-state index is -3.67. The number of aromatic nitrogens is 3. The van der Waals surface area contributed by atoms with E-state index >= 15 is 0 Å². The van der Waals surface area contributed by atoms with Crippen LogP contribution in [0.2, 0.25) is 0 Å². The Kier molecular flexibility index (Phi) is 6.70. The second-order valence-corrected chi connectivity index (χ2v) is 11.6. The molecular formula is C26H33N5O2S. The number of para-hydroxylation sites is 1. The normalized spacial score (nSPS) is 19.8. The van der Waals surface area contributed by atoms with Gasteiger partial charge in [0.2, 0.25) is 10.0 Å². The van der Waals surface area contributed by atoms with Crippen molar-refractivity contribution in [2.75, 3.05) is 11.4 Å². The fraction of sp³-hybridized carbons (Fsp3) is 0.462. The van der Waals surface area contributed by atoms with Crippen molar-refractivity contribution >= 4 is 15.7 Å². The van der Waals surface area contributed by atoms with Gasteiger partial charge in [-0.1, -0.05) is 43.9 Å². The minimum absolute atomic E-state index is 0.0736. The third-order valence-corrected chi connectivity index (χ3v) is 9.34. The lowest BCUT2D eigenvalue weighted by molar-refractivity contribution is 0.350. The summed E-state index contributed by atoms with van der Waals surface area (Å²) in [5.74, 6) is 0.750. The van der Waals surface area contributed by atoms with Crippen LogP contribution in [0.25, 0.3) is 0 Å². The van der Waals surface area contributed by atoms with Crippen LogP contribution < -0.4 is 4.90 Å². The van der Waals surface area contributed by atoms with E-state index in [4.69, 9.17) is 0 Å². The second kappa shape index (κ2) is 9.88. The van der Waals surface area contributed by atoms with Gasteiger partial charge in [0.25, 0.3) is 0 Å². The summed E-state index contributed by atoms with van der Waals surface area (Å²) in [6.07, 6.45) is 14.1. The fourth-order valence-electron chi connectivity index (χ4n) is 5.53. The summed E-state index contributed by atoms with van der Waals surface area (Å²) < 4.78 is 29.4. The molecule has 0 bridgehead atoms. The molecular weight excluding hydrogens is 446 g/mol. The minimum Gasteiger partial charge on any atom is -0.361 e. The number of fused-ring (bicyclic) bond motifs is 1. The lowest BCUT2D eigenvalue weighted by Gasteiger charge is -2.34. The third kappa shape index (κ3) is 4.74. The highest BCUT2D eigenvalue weighted by Gasteiger charge is 2.35. The van der Waals surface area contributed by atoms with Crippen molar-refractivity contribution in [1.82, 2.24) is 19.3 Å². The van der Waals surface area contributed by atoms with Gasteiger partial charge in [-0.15, -0.1) is 0 Å². The maximum Gasteiger partial charge on any atom is 0.243 e. The summed E-state index contributed by atoms with van der Waals surface area (Å²) in [6.45, 7) is 3.31. The number of benzene rings is 1. The van der Waals surface area contributed by atoms with E-state index in [1.807, 2.05) is 25.3 Å². The Morgan fingerprint density at radius 1 is 1.06 bits per heavy atom. The molecule has 0 unspecified atom stereocenters. The fourth-order valence-corrected chi connectivity index (χ4v) is 7.17. The molecule has 1 N–H and O–H groups in total. The van der Waals surface area contributed by atoms with Gasteiger partial charge in [-0.2, -0.15) is 4.31 Å². The zero-order chi connectivity index (χ0) is 23.5. The summed E-state index contributed by atoms with van der Waals surface area (Å²) in [7, 11) is -3.67. The van der Waals surface area contributed by atoms with Crippen LogP contribution in [0.4, 0.5) is 5.69 Å². The van der Waals surface area contributed by atoms with Gasteiger partial charge in [0.15, 0.2) is 0 Å². The zero-order valence-corrected chi connectivity index (χ0v) is 20.5. The predicted molar refractivity (Wildman–Crippen MR) is 133 cm³/mol. The zero-order valence-electron chi connectivity index (χ0n) is 19.7. The van der Waals surface area contributed by atoms with Crippen LogP contribution in [0.1, 0.15) is 55.3 Å². The summed E-state index contributed by atoms with van der Waals surface area (Å²) in [5, 5.41) is 0. The lowest BCUT2D eigenvalue weighted by Crippen LogP contribution is -2.43. The van der Waals surface area contributed by atoms with Crippen LogP contribution >= 0.6 is 0 Å². The van der Waals surface area contributed by atoms with Gasteiger partial charge in [0.1, 0.15) is 0 Å². The Labute approximate surface area is 202 Å². The molecule has 5 rings (SSSR count). The smallest absolute Gasteiger partial charge is 0.243 e. The number of anilines is 1. The molecule has 7 nitrogen and oxygen atoms in total. The van der Waals surface area contributed by atoms with Gasteiger partial charge in [0.05, 0.1) is 23.5 Å². The van der Waals surface area contributed by atoms with Crippen molar-refractivity contribution in [3.63, 3.8) is 0 Å². The van der Waals surface area contributed by atoms with Crippen LogP contribution in [0.5, 0.6) is 0 Å². The summed E-state index contributed by atoms with van der Waals surface area (Å²) in [6, 6.07) is 9.92. The average Bonchev–Trinajstić information content (AvgIpc) is 3.52. The number of aryl methyl sites for hydroxylation is 1. The van der Waals surface area contributed by atoms with Crippen molar-refractivity contribution in [3.05, 3.63) is 72.1 Å². The molecule has 2 aliphatic rings. The molecule has 1 saturated carbocycles. The Hall–Kier alpha value is -2.71. The topological polar surface area (TPSA) is 82.2 Å². The first kappa shape index (κ1) is 23.1. The first-order valence-electron chi connectivity index (χ1n) is 12.2. The molecule has 1 aromatic carbocycles. The number of nitrogens with zero attached hydrogens (tertiary/aromatic N) is 4. The van der Waals surface area contributed by atoms with Gasteiger partial charge in [-0.05, 0) is 48.9 Å². The molecule has 3 heterocycles. The quantitative estimate of drug-likeness (QED) is 0.533. The Balaban J connectivity index is 1.53. The van der Waals surface area contributed by atoms with E-state index in [-0.39, 0.29) is 6.04 Å². The Morgan fingerprint density at radius 3 is 2.65 bits per heavy atom. The van der Waals surface area contributed by atoms with Crippen molar-refractivity contribution in [2.24, 2.45) is 5.92 Å². The number of sulfonamides is 1. The van der Waals surface area contributed by atoms with Crippen molar-refractivity contribution in [1.29, 1.82) is 0 Å². The first-order valence-corrected chi connectivity index (χ1v) is 13.7. The molecule has 0 amide bonds. The number of pyridine rings is 1. The largest absolute Gasteiger partial charge is 0.361 e. The lowest BCUT2D eigenvalue weighted by atomic mass is 9.97. The molecule has 34 heavy (non-hydrogen) atoms. The van der Waals surface area contributed by atoms with E-state index in [0.29, 0.717) is 30.1 Å². The van der Waals surface area contributed by atoms with Gasteiger partial charge in [-0.25, -0.2) is 13.4 Å². The van der Waals surface area contributed by atoms with Crippen molar-refractivity contribution < 1.29 is 8.42 Å². The van der Waals surface area contributed by atoms with Crippen molar-refractivity contribution in [3.8, 4) is 0 Å². The number of H-pyrrole nitrogens is 1. The molecule has 180 valence electrons. The SMILES string of the molecule is Cc1cnccc1S(=O)(=O)N1Cc2ccccc2N(Cc2cnc[nH]2)[C@@H](CCC2CCCC2)C1. The molecule has 8 heteroatoms. The molecule has 1 aliphatic carbocycles. The van der Waals surface area contributed by atoms with E-state index in [2.05, 4.69) is 32.0 Å². The maximum absolute atomic E-state index is 13.9. The van der Waals surface area contributed by atoms with Crippen LogP contribution in [0.15, 0.2) is 60.1 Å². The Morgan fingerprint density at radius 2 is 1.88 bits per heavy atom. The van der Waals surface area contributed by atoms with E-state index in [9.17, 15) is 8.42 Å². The monoisotopic (exact) mass is 479 g/mol. The Bertz CT molecular complexity index is 1210. The number of hydrogen-bond donors (Lipinski definition) is 1. The molecule has 0 saturated heterocycles. The number of hydrogen-bond acceptors (Lipinski definition) is 5. The highest BCUT2D eigenvalue weighted by atomic mass is 32.2. The predicted octanol–water partition coefficient (Wildman–Crippen LogP) is 4.66. The molecule has 1 fully saturated rings. The number of rotatable bonds is 7. The average molecular weight is 480 g/mol. The van der Waals surface area contributed by atoms with Crippen molar-refractivity contribution in [2.45, 2.75) is 69.5 Å². The van der Waals surface area contributed by atoms with Gasteiger partial charge < -0.3 is 9.88 Å². The van der Waals surface area contributed by atoms with E-state index < -0.39 is 10.0 Å². The number of aromatic amines is 1. The molecule has 0 radical (unpaired) electrons. The van der Waals surface area contributed by atoms with E-state index in [1.165, 1.54) is 25.7 Å². The van der Waals surface area contributed by atoms with Gasteiger partial charge in [-0.3, -0.25) is 4.98 Å². The molecule has 0 spiro atoms. The standard InChI is InChI=1S/C26H33N5O2S/c1-20-14-27-13-12-26(20)34(32,33)30-16-22-8-4-5-9-25(22)31(17-23-15-28-19-29-23)24(18-30)11-10-21-6-2-3-7-21/h4-5,8-9,12-15,19,21,24H,2-3,6-7,10-11,16-18H2,1H3,(H,28,29)/t24-/m0/s1. The molecule has 1 atom stereocenters. The van der Waals surface area contributed by atoms with Crippen LogP contribution in [0, 0.1) is 12.8 Å². The summed E-state index contributed by atoms with van der Waals surface area (Å²) >= 11 is 0. The first-order chi connectivity index (χ1) is 16.5. The highest BCUT2D eigenvalue weighted by molar-refractivity contribution is 7.89. The van der Waals surface area contributed by atoms with Gasteiger partial charge >= 0.3 is 0 Å². The number of imidazole rings is 1. The van der Waals surface area contributed by atoms with Crippen LogP contribution in [-0.2, 0) is 23.1 Å². The molecule has 1 aliphatic heterocycles. The van der Waals surface area contributed by atoms with E-state index in [0.717, 1.165) is 35.7 Å². The summed E-state index contributed by atoms with van der Waals surface area (Å²) in [5.41, 5.74) is 3.84. The van der Waals surface area contributed by atoms with Crippen LogP contribution in [0.3, 0.4) is 0 Å². The van der Waals surface area contributed by atoms with Gasteiger partial charge in [0, 0.05) is 43.4 Å². The maximum atomic E-state index is 13.9. The van der Waals surface area contributed by atoms with E-state index in [1.54, 1.807) is 29.1 Å². The summed E-state index contributed by atoms with van der Waals surface area (Å²) in [4.78, 5) is 14.3.